The van der Waals surface area contributed by atoms with E-state index in [0.717, 1.165) is 0 Å². The van der Waals surface area contributed by atoms with Gasteiger partial charge in [0.25, 0.3) is 0 Å². The Morgan fingerprint density at radius 2 is 2.17 bits per heavy atom. The van der Waals surface area contributed by atoms with Crippen LogP contribution in [0.2, 0.25) is 10.3 Å². The summed E-state index contributed by atoms with van der Waals surface area (Å²) in [7, 11) is 0. The maximum absolute atomic E-state index is 10.6. The quantitative estimate of drug-likeness (QED) is 0.799. The van der Waals surface area contributed by atoms with E-state index < -0.39 is 5.97 Å². The summed E-state index contributed by atoms with van der Waals surface area (Å²) in [5.74, 6) is -1.10. The summed E-state index contributed by atoms with van der Waals surface area (Å²) >= 11 is 14.0. The van der Waals surface area contributed by atoms with Gasteiger partial charge in [-0.3, -0.25) is 0 Å². The van der Waals surface area contributed by atoms with Gasteiger partial charge in [0, 0.05) is 0 Å². The highest BCUT2D eigenvalue weighted by atomic mass is 79.9. The third-order valence-electron chi connectivity index (χ3n) is 1.12. The average molecular weight is 271 g/mol. The van der Waals surface area contributed by atoms with Gasteiger partial charge in [0.2, 0.25) is 0 Å². The monoisotopic (exact) mass is 269 g/mol. The number of carboxylic acids is 1. The summed E-state index contributed by atoms with van der Waals surface area (Å²) < 4.78 is 0.237. The second-order valence-corrected chi connectivity index (χ2v) is 3.44. The second-order valence-electron chi connectivity index (χ2n) is 1.90. The van der Waals surface area contributed by atoms with E-state index in [1.54, 1.807) is 0 Å². The van der Waals surface area contributed by atoms with E-state index in [1.807, 2.05) is 0 Å². The van der Waals surface area contributed by atoms with Crippen LogP contribution in [0.15, 0.2) is 10.5 Å². The smallest absolute Gasteiger partial charge is 0.337 e. The molecule has 0 saturated heterocycles. The van der Waals surface area contributed by atoms with Crippen molar-refractivity contribution in [3.63, 3.8) is 0 Å². The van der Waals surface area contributed by atoms with Crippen molar-refractivity contribution in [2.75, 3.05) is 0 Å². The average Bonchev–Trinajstić information content (AvgIpc) is 1.96. The van der Waals surface area contributed by atoms with Crippen molar-refractivity contribution >= 4 is 45.1 Å². The molecule has 0 aliphatic carbocycles. The number of halogens is 3. The Morgan fingerprint density at radius 3 is 2.67 bits per heavy atom. The van der Waals surface area contributed by atoms with Crippen LogP contribution in [0.25, 0.3) is 0 Å². The molecule has 0 aliphatic heterocycles. The first-order valence-electron chi connectivity index (χ1n) is 2.77. The number of carbonyl (C=O) groups is 1. The van der Waals surface area contributed by atoms with Crippen LogP contribution in [0.1, 0.15) is 10.4 Å². The Balaban J connectivity index is 3.37. The zero-order valence-corrected chi connectivity index (χ0v) is 8.61. The number of aromatic carboxylic acids is 1. The molecule has 0 fully saturated rings. The van der Waals surface area contributed by atoms with Crippen molar-refractivity contribution in [3.05, 3.63) is 26.4 Å². The van der Waals surface area contributed by atoms with Crippen LogP contribution < -0.4 is 0 Å². The van der Waals surface area contributed by atoms with E-state index in [-0.39, 0.29) is 20.3 Å². The minimum absolute atomic E-state index is 0.000000000000000444. The van der Waals surface area contributed by atoms with Crippen molar-refractivity contribution in [1.29, 1.82) is 0 Å². The van der Waals surface area contributed by atoms with Crippen molar-refractivity contribution in [1.82, 2.24) is 4.98 Å². The van der Waals surface area contributed by atoms with Crippen LogP contribution >= 0.6 is 39.1 Å². The van der Waals surface area contributed by atoms with Gasteiger partial charge in [0.15, 0.2) is 0 Å². The van der Waals surface area contributed by atoms with Crippen LogP contribution in [0, 0.1) is 0 Å². The van der Waals surface area contributed by atoms with Gasteiger partial charge >= 0.3 is 5.97 Å². The van der Waals surface area contributed by atoms with E-state index >= 15 is 0 Å². The fraction of sp³-hybridized carbons (Fsp3) is 0. The first-order valence-corrected chi connectivity index (χ1v) is 4.32. The Hall–Kier alpha value is -0.320. The number of carboxylic acid groups (broad SMARTS) is 1. The molecule has 0 radical (unpaired) electrons. The Bertz CT molecular complexity index is 343. The van der Waals surface area contributed by atoms with Crippen LogP contribution in [0.4, 0.5) is 0 Å². The zero-order valence-electron chi connectivity index (χ0n) is 5.51. The molecular formula is C6H2BrCl2NO2. The molecule has 64 valence electrons. The molecule has 0 atom stereocenters. The molecule has 0 saturated carbocycles. The Kier molecular flexibility index (Phi) is 2.93. The maximum atomic E-state index is 10.6. The summed E-state index contributed by atoms with van der Waals surface area (Å²) in [6, 6.07) is 1.22. The largest absolute Gasteiger partial charge is 0.478 e. The maximum Gasteiger partial charge on any atom is 0.337 e. The van der Waals surface area contributed by atoms with Crippen LogP contribution in [0.5, 0.6) is 0 Å². The SMILES string of the molecule is O=C(O)c1cc(Cl)nc(Cl)c1Br. The number of hydrogen-bond donors (Lipinski definition) is 1. The van der Waals surface area contributed by atoms with Gasteiger partial charge in [-0.05, 0) is 22.0 Å². The molecule has 12 heavy (non-hydrogen) atoms. The first-order chi connectivity index (χ1) is 5.52. The highest BCUT2D eigenvalue weighted by Crippen LogP contribution is 2.26. The fourth-order valence-electron chi connectivity index (χ4n) is 0.624. The Morgan fingerprint density at radius 1 is 1.58 bits per heavy atom. The molecule has 0 unspecified atom stereocenters. The predicted octanol–water partition coefficient (Wildman–Crippen LogP) is 2.85. The van der Waals surface area contributed by atoms with Crippen molar-refractivity contribution in [2.45, 2.75) is 0 Å². The van der Waals surface area contributed by atoms with Crippen molar-refractivity contribution < 1.29 is 9.90 Å². The van der Waals surface area contributed by atoms with Crippen LogP contribution in [-0.4, -0.2) is 16.1 Å². The number of nitrogens with zero attached hydrogens (tertiary/aromatic N) is 1. The van der Waals surface area contributed by atoms with Crippen LogP contribution in [-0.2, 0) is 0 Å². The van der Waals surface area contributed by atoms with E-state index in [9.17, 15) is 4.79 Å². The van der Waals surface area contributed by atoms with E-state index in [1.165, 1.54) is 6.07 Å². The molecule has 0 spiro atoms. The summed E-state index contributed by atoms with van der Waals surface area (Å²) in [6.07, 6.45) is 0. The molecule has 3 nitrogen and oxygen atoms in total. The second kappa shape index (κ2) is 3.60. The van der Waals surface area contributed by atoms with Gasteiger partial charge in [-0.2, -0.15) is 0 Å². The topological polar surface area (TPSA) is 50.2 Å². The Labute approximate surface area is 86.4 Å². The molecule has 1 heterocycles. The van der Waals surface area contributed by atoms with Crippen molar-refractivity contribution in [3.8, 4) is 0 Å². The van der Waals surface area contributed by atoms with Gasteiger partial charge in [-0.25, -0.2) is 9.78 Å². The summed E-state index contributed by atoms with van der Waals surface area (Å²) in [6.45, 7) is 0. The zero-order chi connectivity index (χ0) is 9.30. The minimum atomic E-state index is -1.10. The molecule has 0 aromatic carbocycles. The third kappa shape index (κ3) is 1.88. The van der Waals surface area contributed by atoms with Gasteiger partial charge < -0.3 is 5.11 Å². The highest BCUT2D eigenvalue weighted by molar-refractivity contribution is 9.10. The van der Waals surface area contributed by atoms with Gasteiger partial charge in [0.05, 0.1) is 10.0 Å². The fourth-order valence-corrected chi connectivity index (χ4v) is 1.43. The molecule has 0 amide bonds. The van der Waals surface area contributed by atoms with Crippen molar-refractivity contribution in [2.24, 2.45) is 0 Å². The molecule has 0 aliphatic rings. The lowest BCUT2D eigenvalue weighted by atomic mass is 10.3. The summed E-state index contributed by atoms with van der Waals surface area (Å²) in [4.78, 5) is 14.2. The molecule has 1 aromatic rings. The molecule has 1 aromatic heterocycles. The van der Waals surface area contributed by atoms with Gasteiger partial charge in [0.1, 0.15) is 10.3 Å². The molecule has 1 N–H and O–H groups in total. The van der Waals surface area contributed by atoms with E-state index in [0.29, 0.717) is 0 Å². The first kappa shape index (κ1) is 9.77. The highest BCUT2D eigenvalue weighted by Gasteiger charge is 2.13. The summed E-state index contributed by atoms with van der Waals surface area (Å²) in [5.41, 5.74) is 0.000000000000000444. The summed E-state index contributed by atoms with van der Waals surface area (Å²) in [5, 5.41) is 8.74. The van der Waals surface area contributed by atoms with E-state index in [4.69, 9.17) is 28.3 Å². The number of pyridine rings is 1. The minimum Gasteiger partial charge on any atom is -0.478 e. The predicted molar refractivity (Wildman–Crippen MR) is 48.9 cm³/mol. The number of rotatable bonds is 1. The number of aromatic nitrogens is 1. The molecular weight excluding hydrogens is 269 g/mol. The third-order valence-corrected chi connectivity index (χ3v) is 2.61. The lowest BCUT2D eigenvalue weighted by Crippen LogP contribution is -1.99. The lowest BCUT2D eigenvalue weighted by molar-refractivity contribution is 0.0695. The molecule has 1 rings (SSSR count). The van der Waals surface area contributed by atoms with Crippen LogP contribution in [0.3, 0.4) is 0 Å². The van der Waals surface area contributed by atoms with Gasteiger partial charge in [-0.15, -0.1) is 0 Å². The molecule has 6 heteroatoms. The van der Waals surface area contributed by atoms with Gasteiger partial charge in [-0.1, -0.05) is 23.2 Å². The number of hydrogen-bond acceptors (Lipinski definition) is 2. The normalized spacial score (nSPS) is 9.92. The lowest BCUT2D eigenvalue weighted by Gasteiger charge is -2.00. The molecule has 0 bridgehead atoms. The standard InChI is InChI=1S/C6H2BrCl2NO2/c7-4-2(6(11)12)1-3(8)10-5(4)9/h1H,(H,11,12). The van der Waals surface area contributed by atoms with E-state index in [2.05, 4.69) is 20.9 Å².